The summed E-state index contributed by atoms with van der Waals surface area (Å²) in [4.78, 5) is 27.5. The van der Waals surface area contributed by atoms with Gasteiger partial charge in [0.25, 0.3) is 5.69 Å². The second kappa shape index (κ2) is 8.76. The highest BCUT2D eigenvalue weighted by atomic mass is 32.1. The maximum Gasteiger partial charge on any atom is 0.270 e. The Labute approximate surface area is 181 Å². The summed E-state index contributed by atoms with van der Waals surface area (Å²) >= 11 is 1.57. The average Bonchev–Trinajstić information content (AvgIpc) is 3.22. The molecule has 1 aromatic heterocycles. The summed E-state index contributed by atoms with van der Waals surface area (Å²) in [6.45, 7) is 0. The van der Waals surface area contributed by atoms with Gasteiger partial charge in [-0.2, -0.15) is 0 Å². The Hall–Kier alpha value is -4.04. The largest absolute Gasteiger partial charge is 0.495 e. The molecule has 0 aliphatic carbocycles. The van der Waals surface area contributed by atoms with Gasteiger partial charge in [0.15, 0.2) is 0 Å². The molecule has 0 bridgehead atoms. The number of nitrogens with one attached hydrogen (secondary N) is 1. The van der Waals surface area contributed by atoms with Gasteiger partial charge in [0.05, 0.1) is 27.9 Å². The molecular weight excluding hydrogens is 414 g/mol. The molecule has 0 saturated carbocycles. The van der Waals surface area contributed by atoms with Crippen LogP contribution in [0.15, 0.2) is 72.8 Å². The Morgan fingerprint density at radius 2 is 1.97 bits per heavy atom. The van der Waals surface area contributed by atoms with Gasteiger partial charge in [-0.1, -0.05) is 24.3 Å². The first kappa shape index (κ1) is 20.2. The summed E-state index contributed by atoms with van der Waals surface area (Å²) in [5.74, 6) is 0.133. The molecule has 31 heavy (non-hydrogen) atoms. The first-order valence-electron chi connectivity index (χ1n) is 9.31. The number of non-ortho nitro benzene ring substituents is 1. The summed E-state index contributed by atoms with van der Waals surface area (Å²) in [7, 11) is 1.53. The van der Waals surface area contributed by atoms with Crippen molar-refractivity contribution >= 4 is 44.9 Å². The zero-order valence-electron chi connectivity index (χ0n) is 16.4. The van der Waals surface area contributed by atoms with E-state index in [1.165, 1.54) is 31.4 Å². The number of methoxy groups -OCH3 is 1. The number of benzene rings is 3. The van der Waals surface area contributed by atoms with Crippen molar-refractivity contribution in [3.63, 3.8) is 0 Å². The molecule has 1 heterocycles. The number of fused-ring (bicyclic) bond motifs is 1. The lowest BCUT2D eigenvalue weighted by molar-refractivity contribution is -0.384. The van der Waals surface area contributed by atoms with E-state index in [0.29, 0.717) is 17.0 Å². The third-order valence-corrected chi connectivity index (χ3v) is 5.59. The highest BCUT2D eigenvalue weighted by Gasteiger charge is 2.11. The molecule has 154 valence electrons. The van der Waals surface area contributed by atoms with Crippen molar-refractivity contribution in [3.05, 3.63) is 88.5 Å². The molecule has 0 atom stereocenters. The lowest BCUT2D eigenvalue weighted by Crippen LogP contribution is -2.09. The van der Waals surface area contributed by atoms with Crippen molar-refractivity contribution in [2.24, 2.45) is 0 Å². The Kier molecular flexibility index (Phi) is 5.72. The van der Waals surface area contributed by atoms with E-state index in [0.717, 1.165) is 20.8 Å². The summed E-state index contributed by atoms with van der Waals surface area (Å²) in [6, 6.07) is 19.4. The normalized spacial score (nSPS) is 11.0. The van der Waals surface area contributed by atoms with Gasteiger partial charge in [0.1, 0.15) is 10.8 Å². The Morgan fingerprint density at radius 3 is 2.74 bits per heavy atom. The third-order valence-electron chi connectivity index (χ3n) is 4.51. The monoisotopic (exact) mass is 431 g/mol. The number of nitrogens with zero attached hydrogens (tertiary/aromatic N) is 2. The quantitative estimate of drug-likeness (QED) is 0.246. The van der Waals surface area contributed by atoms with Gasteiger partial charge in [0.2, 0.25) is 5.91 Å². The van der Waals surface area contributed by atoms with Crippen LogP contribution < -0.4 is 10.1 Å². The van der Waals surface area contributed by atoms with E-state index in [9.17, 15) is 14.9 Å². The number of thiazole rings is 1. The summed E-state index contributed by atoms with van der Waals surface area (Å²) in [5, 5.41) is 14.5. The van der Waals surface area contributed by atoms with Gasteiger partial charge >= 0.3 is 0 Å². The van der Waals surface area contributed by atoms with Crippen LogP contribution in [0.4, 0.5) is 11.4 Å². The van der Waals surface area contributed by atoms with Crippen molar-refractivity contribution in [1.29, 1.82) is 0 Å². The topological polar surface area (TPSA) is 94.4 Å². The average molecular weight is 431 g/mol. The Balaban J connectivity index is 1.57. The molecule has 0 aliphatic rings. The zero-order valence-corrected chi connectivity index (χ0v) is 17.3. The van der Waals surface area contributed by atoms with Crippen molar-refractivity contribution in [3.8, 4) is 16.3 Å². The Bertz CT molecular complexity index is 1280. The molecule has 0 spiro atoms. The highest BCUT2D eigenvalue weighted by Crippen LogP contribution is 2.34. The number of hydrogen-bond donors (Lipinski definition) is 1. The van der Waals surface area contributed by atoms with E-state index >= 15 is 0 Å². The van der Waals surface area contributed by atoms with Crippen LogP contribution in [0.3, 0.4) is 0 Å². The number of nitro benzene ring substituents is 1. The first-order valence-corrected chi connectivity index (χ1v) is 10.1. The zero-order chi connectivity index (χ0) is 21.8. The van der Waals surface area contributed by atoms with Gasteiger partial charge in [-0.05, 0) is 42.0 Å². The van der Waals surface area contributed by atoms with Crippen LogP contribution in [0.25, 0.3) is 26.9 Å². The van der Waals surface area contributed by atoms with Crippen LogP contribution in [0.5, 0.6) is 5.75 Å². The first-order chi connectivity index (χ1) is 15.0. The Morgan fingerprint density at radius 1 is 1.13 bits per heavy atom. The van der Waals surface area contributed by atoms with Crippen LogP contribution >= 0.6 is 11.3 Å². The smallest absolute Gasteiger partial charge is 0.270 e. The van der Waals surface area contributed by atoms with Crippen LogP contribution in [-0.2, 0) is 4.79 Å². The maximum atomic E-state index is 12.5. The SMILES string of the molecule is COc1ccc(-c2nc3ccccc3s2)cc1NC(=O)C=Cc1cccc([N+](=O)[O-])c1. The van der Waals surface area contributed by atoms with E-state index in [2.05, 4.69) is 10.3 Å². The standard InChI is InChI=1S/C23H17N3O4S/c1-30-20-11-10-16(23-25-18-7-2-3-8-21(18)31-23)14-19(20)24-22(27)12-9-15-5-4-6-17(13-15)26(28)29/h2-14H,1H3,(H,24,27). The number of ether oxygens (including phenoxy) is 1. The van der Waals surface area contributed by atoms with Crippen molar-refractivity contribution in [2.75, 3.05) is 12.4 Å². The van der Waals surface area contributed by atoms with E-state index in [-0.39, 0.29) is 11.6 Å². The molecule has 7 nitrogen and oxygen atoms in total. The van der Waals surface area contributed by atoms with Crippen molar-refractivity contribution in [2.45, 2.75) is 0 Å². The van der Waals surface area contributed by atoms with Gasteiger partial charge in [-0.25, -0.2) is 4.98 Å². The molecule has 0 saturated heterocycles. The predicted molar refractivity (Wildman–Crippen MR) is 122 cm³/mol. The number of carbonyl (C=O) groups is 1. The van der Waals surface area contributed by atoms with Crippen LogP contribution in [0.1, 0.15) is 5.56 Å². The van der Waals surface area contributed by atoms with Crippen LogP contribution in [0.2, 0.25) is 0 Å². The van der Waals surface area contributed by atoms with E-state index in [1.807, 2.05) is 36.4 Å². The molecular formula is C23H17N3O4S. The molecule has 4 rings (SSSR count). The maximum absolute atomic E-state index is 12.5. The minimum Gasteiger partial charge on any atom is -0.495 e. The van der Waals surface area contributed by atoms with Gasteiger partial charge in [-0.3, -0.25) is 14.9 Å². The fourth-order valence-electron chi connectivity index (χ4n) is 3.02. The number of rotatable bonds is 6. The third kappa shape index (κ3) is 4.59. The number of amides is 1. The van der Waals surface area contributed by atoms with E-state index in [4.69, 9.17) is 4.74 Å². The summed E-state index contributed by atoms with van der Waals surface area (Å²) in [5.41, 5.74) is 2.81. The molecule has 0 unspecified atom stereocenters. The number of hydrogen-bond acceptors (Lipinski definition) is 6. The predicted octanol–water partition coefficient (Wildman–Crippen LogP) is 5.53. The molecule has 8 heteroatoms. The molecule has 4 aromatic rings. The summed E-state index contributed by atoms with van der Waals surface area (Å²) in [6.07, 6.45) is 2.84. The van der Waals surface area contributed by atoms with Gasteiger partial charge in [-0.15, -0.1) is 11.3 Å². The van der Waals surface area contributed by atoms with Crippen molar-refractivity contribution < 1.29 is 14.5 Å². The minimum atomic E-state index is -0.476. The lowest BCUT2D eigenvalue weighted by atomic mass is 10.1. The van der Waals surface area contributed by atoms with Crippen molar-refractivity contribution in [1.82, 2.24) is 4.98 Å². The van der Waals surface area contributed by atoms with Gasteiger partial charge < -0.3 is 10.1 Å². The second-order valence-electron chi connectivity index (χ2n) is 6.58. The van der Waals surface area contributed by atoms with E-state index in [1.54, 1.807) is 29.5 Å². The fourth-order valence-corrected chi connectivity index (χ4v) is 3.98. The lowest BCUT2D eigenvalue weighted by Gasteiger charge is -2.10. The number of carbonyl (C=O) groups excluding carboxylic acids is 1. The number of nitro groups is 1. The fraction of sp³-hybridized carbons (Fsp3) is 0.0435. The highest BCUT2D eigenvalue weighted by molar-refractivity contribution is 7.21. The molecule has 0 fully saturated rings. The summed E-state index contributed by atoms with van der Waals surface area (Å²) < 4.78 is 6.45. The van der Waals surface area contributed by atoms with Gasteiger partial charge in [0, 0.05) is 23.8 Å². The van der Waals surface area contributed by atoms with E-state index < -0.39 is 4.92 Å². The minimum absolute atomic E-state index is 0.0345. The number of aromatic nitrogens is 1. The molecule has 1 N–H and O–H groups in total. The molecule has 3 aromatic carbocycles. The number of anilines is 1. The van der Waals surface area contributed by atoms with Crippen LogP contribution in [0, 0.1) is 10.1 Å². The molecule has 0 radical (unpaired) electrons. The second-order valence-corrected chi connectivity index (χ2v) is 7.61. The van der Waals surface area contributed by atoms with Crippen LogP contribution in [-0.4, -0.2) is 22.9 Å². The molecule has 1 amide bonds. The molecule has 0 aliphatic heterocycles. The number of para-hydroxylation sites is 1.